The lowest BCUT2D eigenvalue weighted by atomic mass is 10.2. The second-order valence-corrected chi connectivity index (χ2v) is 6.16. The molecule has 0 fully saturated rings. The van der Waals surface area contributed by atoms with E-state index in [-0.39, 0.29) is 24.3 Å². The fourth-order valence-corrected chi connectivity index (χ4v) is 2.35. The minimum Gasteiger partial charge on any atom is -0.352 e. The standard InChI is InChI=1S/C10H12BrFN2O3S/c11-7-3-1-4-8(12)9(7)10(15)14-5-2-6-18(13,16)17/h1,3-4H,2,5-6H2,(H,14,15)(H2,13,16,17). The maximum Gasteiger partial charge on any atom is 0.255 e. The number of amides is 1. The molecule has 1 rings (SSSR count). The Morgan fingerprint density at radius 2 is 2.11 bits per heavy atom. The van der Waals surface area contributed by atoms with Gasteiger partial charge in [-0.2, -0.15) is 0 Å². The Balaban J connectivity index is 2.56. The first-order valence-electron chi connectivity index (χ1n) is 5.04. The third-order valence-electron chi connectivity index (χ3n) is 2.08. The van der Waals surface area contributed by atoms with E-state index in [0.717, 1.165) is 0 Å². The van der Waals surface area contributed by atoms with Crippen LogP contribution in [0.2, 0.25) is 0 Å². The molecule has 0 aliphatic carbocycles. The normalized spacial score (nSPS) is 11.3. The summed E-state index contributed by atoms with van der Waals surface area (Å²) < 4.78 is 35.0. The van der Waals surface area contributed by atoms with Gasteiger partial charge in [-0.3, -0.25) is 4.79 Å². The first-order valence-corrected chi connectivity index (χ1v) is 7.55. The largest absolute Gasteiger partial charge is 0.352 e. The molecule has 0 atom stereocenters. The summed E-state index contributed by atoms with van der Waals surface area (Å²) in [5, 5.41) is 7.23. The van der Waals surface area contributed by atoms with E-state index in [4.69, 9.17) is 5.14 Å². The summed E-state index contributed by atoms with van der Waals surface area (Å²) in [6.07, 6.45) is 0.177. The molecule has 1 aromatic rings. The number of halogens is 2. The molecule has 18 heavy (non-hydrogen) atoms. The van der Waals surface area contributed by atoms with E-state index in [1.807, 2.05) is 0 Å². The smallest absolute Gasteiger partial charge is 0.255 e. The lowest BCUT2D eigenvalue weighted by molar-refractivity contribution is 0.0949. The molecule has 1 aromatic carbocycles. The van der Waals surface area contributed by atoms with Crippen LogP contribution in [0, 0.1) is 5.82 Å². The van der Waals surface area contributed by atoms with E-state index in [1.165, 1.54) is 12.1 Å². The number of nitrogens with one attached hydrogen (secondary N) is 1. The van der Waals surface area contributed by atoms with E-state index in [0.29, 0.717) is 4.47 Å². The van der Waals surface area contributed by atoms with Crippen molar-refractivity contribution in [1.29, 1.82) is 0 Å². The minimum atomic E-state index is -3.54. The van der Waals surface area contributed by atoms with E-state index in [2.05, 4.69) is 21.2 Å². The number of hydrogen-bond donors (Lipinski definition) is 2. The van der Waals surface area contributed by atoms with E-state index >= 15 is 0 Å². The molecule has 0 bridgehead atoms. The second-order valence-electron chi connectivity index (χ2n) is 3.57. The van der Waals surface area contributed by atoms with Crippen LogP contribution in [-0.2, 0) is 10.0 Å². The molecule has 0 saturated carbocycles. The highest BCUT2D eigenvalue weighted by molar-refractivity contribution is 9.10. The number of sulfonamides is 1. The molecule has 5 nitrogen and oxygen atoms in total. The van der Waals surface area contributed by atoms with Crippen molar-refractivity contribution in [2.24, 2.45) is 5.14 Å². The molecule has 8 heteroatoms. The van der Waals surface area contributed by atoms with Crippen molar-refractivity contribution in [3.05, 3.63) is 34.1 Å². The second kappa shape index (κ2) is 6.26. The predicted octanol–water partition coefficient (Wildman–Crippen LogP) is 0.997. The molecule has 0 spiro atoms. The van der Waals surface area contributed by atoms with Crippen molar-refractivity contribution >= 4 is 31.9 Å². The van der Waals surface area contributed by atoms with Crippen LogP contribution in [0.5, 0.6) is 0 Å². The zero-order valence-electron chi connectivity index (χ0n) is 9.32. The summed E-state index contributed by atoms with van der Waals surface area (Å²) in [5.41, 5.74) is -0.104. The Labute approximate surface area is 113 Å². The SMILES string of the molecule is NS(=O)(=O)CCCNC(=O)c1c(F)cccc1Br. The minimum absolute atomic E-state index is 0.104. The van der Waals surface area contributed by atoms with Gasteiger partial charge >= 0.3 is 0 Å². The Kier molecular flexibility index (Phi) is 5.24. The van der Waals surface area contributed by atoms with Crippen LogP contribution in [0.1, 0.15) is 16.8 Å². The van der Waals surface area contributed by atoms with Crippen LogP contribution in [0.25, 0.3) is 0 Å². The molecular formula is C10H12BrFN2O3S. The van der Waals surface area contributed by atoms with Crippen molar-refractivity contribution in [1.82, 2.24) is 5.32 Å². The number of carbonyl (C=O) groups excluding carboxylic acids is 1. The van der Waals surface area contributed by atoms with Crippen LogP contribution in [0.15, 0.2) is 22.7 Å². The van der Waals surface area contributed by atoms with Gasteiger partial charge in [-0.1, -0.05) is 6.07 Å². The van der Waals surface area contributed by atoms with Crippen molar-refractivity contribution in [2.75, 3.05) is 12.3 Å². The third-order valence-corrected chi connectivity index (χ3v) is 3.60. The van der Waals surface area contributed by atoms with E-state index in [9.17, 15) is 17.6 Å². The molecule has 0 aromatic heterocycles. The van der Waals surface area contributed by atoms with Crippen LogP contribution in [0.4, 0.5) is 4.39 Å². The average molecular weight is 339 g/mol. The van der Waals surface area contributed by atoms with Gasteiger partial charge in [0.2, 0.25) is 10.0 Å². The maximum absolute atomic E-state index is 13.4. The van der Waals surface area contributed by atoms with Gasteiger partial charge in [-0.15, -0.1) is 0 Å². The number of carbonyl (C=O) groups is 1. The number of hydrogen-bond acceptors (Lipinski definition) is 3. The summed E-state index contributed by atoms with van der Waals surface area (Å²) in [4.78, 5) is 11.6. The summed E-state index contributed by atoms with van der Waals surface area (Å²) in [5.74, 6) is -1.48. The van der Waals surface area contributed by atoms with Gasteiger partial charge in [0.15, 0.2) is 0 Å². The Morgan fingerprint density at radius 3 is 2.67 bits per heavy atom. The highest BCUT2D eigenvalue weighted by Gasteiger charge is 2.14. The lowest BCUT2D eigenvalue weighted by Gasteiger charge is -2.07. The fraction of sp³-hybridized carbons (Fsp3) is 0.300. The van der Waals surface area contributed by atoms with Gasteiger partial charge in [0, 0.05) is 11.0 Å². The Hall–Kier alpha value is -0.990. The fourth-order valence-electron chi connectivity index (χ4n) is 1.28. The molecule has 3 N–H and O–H groups in total. The molecule has 0 heterocycles. The van der Waals surface area contributed by atoms with Gasteiger partial charge in [0.05, 0.1) is 11.3 Å². The number of nitrogens with two attached hydrogens (primary N) is 1. The van der Waals surface area contributed by atoms with Gasteiger partial charge in [-0.05, 0) is 34.5 Å². The molecule has 0 aliphatic heterocycles. The first-order chi connectivity index (χ1) is 8.31. The van der Waals surface area contributed by atoms with Gasteiger partial charge < -0.3 is 5.32 Å². The topological polar surface area (TPSA) is 89.3 Å². The first kappa shape index (κ1) is 15.1. The molecule has 0 aliphatic rings. The van der Waals surface area contributed by atoms with Crippen molar-refractivity contribution < 1.29 is 17.6 Å². The Morgan fingerprint density at radius 1 is 1.44 bits per heavy atom. The highest BCUT2D eigenvalue weighted by atomic mass is 79.9. The van der Waals surface area contributed by atoms with Crippen molar-refractivity contribution in [3.8, 4) is 0 Å². The van der Waals surface area contributed by atoms with E-state index < -0.39 is 21.7 Å². The van der Waals surface area contributed by atoms with Gasteiger partial charge in [0.1, 0.15) is 5.82 Å². The maximum atomic E-state index is 13.4. The summed E-state index contributed by atoms with van der Waals surface area (Å²) in [6, 6.07) is 4.18. The van der Waals surface area contributed by atoms with Gasteiger partial charge in [-0.25, -0.2) is 17.9 Å². The van der Waals surface area contributed by atoms with Gasteiger partial charge in [0.25, 0.3) is 5.91 Å². The Bertz CT molecular complexity index is 528. The highest BCUT2D eigenvalue weighted by Crippen LogP contribution is 2.19. The zero-order valence-corrected chi connectivity index (χ0v) is 11.7. The van der Waals surface area contributed by atoms with Crippen molar-refractivity contribution in [3.63, 3.8) is 0 Å². The average Bonchev–Trinajstić information content (AvgIpc) is 2.23. The lowest BCUT2D eigenvalue weighted by Crippen LogP contribution is -2.28. The number of primary sulfonamides is 1. The van der Waals surface area contributed by atoms with Crippen LogP contribution in [-0.4, -0.2) is 26.6 Å². The van der Waals surface area contributed by atoms with Crippen molar-refractivity contribution in [2.45, 2.75) is 6.42 Å². The molecule has 1 amide bonds. The summed E-state index contributed by atoms with van der Waals surface area (Å²) in [6.45, 7) is 0.107. The van der Waals surface area contributed by atoms with E-state index in [1.54, 1.807) is 6.07 Å². The quantitative estimate of drug-likeness (QED) is 0.784. The molecular weight excluding hydrogens is 327 g/mol. The molecule has 0 saturated heterocycles. The number of rotatable bonds is 5. The van der Waals surface area contributed by atoms with Crippen LogP contribution in [0.3, 0.4) is 0 Å². The zero-order chi connectivity index (χ0) is 13.8. The third kappa shape index (κ3) is 4.71. The monoisotopic (exact) mass is 338 g/mol. The number of benzene rings is 1. The molecule has 0 unspecified atom stereocenters. The molecule has 0 radical (unpaired) electrons. The van der Waals surface area contributed by atoms with Crippen LogP contribution < -0.4 is 10.5 Å². The predicted molar refractivity (Wildman–Crippen MR) is 69.0 cm³/mol. The molecule has 100 valence electrons. The summed E-state index contributed by atoms with van der Waals surface area (Å²) in [7, 11) is -3.54. The summed E-state index contributed by atoms with van der Waals surface area (Å²) >= 11 is 3.07. The van der Waals surface area contributed by atoms with Crippen LogP contribution >= 0.6 is 15.9 Å².